The fourth-order valence-corrected chi connectivity index (χ4v) is 1.51. The van der Waals surface area contributed by atoms with E-state index >= 15 is 0 Å². The molecule has 2 rings (SSSR count). The van der Waals surface area contributed by atoms with Gasteiger partial charge in [0.25, 0.3) is 0 Å². The fraction of sp³-hybridized carbons (Fsp3) is 0. The topological polar surface area (TPSA) is 38.7 Å². The maximum atomic E-state index is 10.0. The average Bonchev–Trinajstić information content (AvgIpc) is 2.38. The molecule has 0 aliphatic carbocycles. The van der Waals surface area contributed by atoms with Crippen LogP contribution in [0.15, 0.2) is 59.1 Å². The number of rotatable bonds is 3. The van der Waals surface area contributed by atoms with Crippen LogP contribution in [0.1, 0.15) is 0 Å². The van der Waals surface area contributed by atoms with Crippen molar-refractivity contribution in [2.45, 2.75) is 0 Å². The Bertz CT molecular complexity index is 504. The van der Waals surface area contributed by atoms with Gasteiger partial charge in [-0.25, -0.2) is 0 Å². The summed E-state index contributed by atoms with van der Waals surface area (Å²) in [5.74, 6) is 0.558. The van der Waals surface area contributed by atoms with Crippen LogP contribution in [-0.2, 0) is 11.5 Å². The van der Waals surface area contributed by atoms with Gasteiger partial charge in [-0.1, -0.05) is 42.5 Å². The van der Waals surface area contributed by atoms with Gasteiger partial charge in [-0.05, 0) is 23.3 Å². The van der Waals surface area contributed by atoms with E-state index in [2.05, 4.69) is 4.53 Å². The Hall–Kier alpha value is -1.94. The number of hydrogen-bond acceptors (Lipinski definition) is 3. The molecule has 0 fully saturated rings. The maximum absolute atomic E-state index is 10.0. The summed E-state index contributed by atoms with van der Waals surface area (Å²) in [4.78, 5) is 4.82. The van der Waals surface area contributed by atoms with Gasteiger partial charge in [0.05, 0.1) is 0 Å². The van der Waals surface area contributed by atoms with Gasteiger partial charge in [-0.2, -0.15) is 4.21 Å². The van der Waals surface area contributed by atoms with E-state index in [1.165, 1.54) is 0 Å². The SMILES string of the molecule is O=S=NOc1ccc(-c2ccccc2)cc1. The van der Waals surface area contributed by atoms with Gasteiger partial charge in [0.2, 0.25) is 11.5 Å². The minimum Gasteiger partial charge on any atom is -0.344 e. The summed E-state index contributed by atoms with van der Waals surface area (Å²) >= 11 is 0.0498. The van der Waals surface area contributed by atoms with Crippen LogP contribution in [0, 0.1) is 0 Å². The largest absolute Gasteiger partial charge is 0.344 e. The molecular formula is C12H9NO2S. The Balaban J connectivity index is 2.23. The first-order chi connectivity index (χ1) is 7.90. The molecule has 2 aromatic rings. The lowest BCUT2D eigenvalue weighted by molar-refractivity contribution is 0.349. The van der Waals surface area contributed by atoms with Crippen LogP contribution >= 0.6 is 0 Å². The molecule has 0 bridgehead atoms. The summed E-state index contributed by atoms with van der Waals surface area (Å²) < 4.78 is 13.2. The van der Waals surface area contributed by atoms with Gasteiger partial charge in [-0.15, -0.1) is 0 Å². The Morgan fingerprint density at radius 1 is 0.875 bits per heavy atom. The molecule has 4 heteroatoms. The molecule has 0 unspecified atom stereocenters. The second-order valence-corrected chi connectivity index (χ2v) is 3.43. The summed E-state index contributed by atoms with van der Waals surface area (Å²) in [5, 5.41) is 0. The lowest BCUT2D eigenvalue weighted by Crippen LogP contribution is -1.81. The van der Waals surface area contributed by atoms with Crippen LogP contribution in [0.25, 0.3) is 11.1 Å². The fourth-order valence-electron chi connectivity index (χ4n) is 1.40. The van der Waals surface area contributed by atoms with Crippen molar-refractivity contribution in [3.8, 4) is 16.9 Å². The highest BCUT2D eigenvalue weighted by atomic mass is 32.1. The molecule has 0 saturated heterocycles. The Kier molecular flexibility index (Phi) is 3.46. The molecule has 0 radical (unpaired) electrons. The van der Waals surface area contributed by atoms with Crippen molar-refractivity contribution in [3.63, 3.8) is 0 Å². The predicted molar refractivity (Wildman–Crippen MR) is 63.1 cm³/mol. The third-order valence-electron chi connectivity index (χ3n) is 2.13. The first-order valence-corrected chi connectivity index (χ1v) is 5.42. The third-order valence-corrected chi connectivity index (χ3v) is 2.27. The first-order valence-electron chi connectivity index (χ1n) is 4.72. The minimum atomic E-state index is 0.0498. The lowest BCUT2D eigenvalue weighted by Gasteiger charge is -2.01. The van der Waals surface area contributed by atoms with Crippen LogP contribution in [0.5, 0.6) is 5.75 Å². The Labute approximate surface area is 96.9 Å². The van der Waals surface area contributed by atoms with Crippen molar-refractivity contribution in [2.24, 2.45) is 4.53 Å². The van der Waals surface area contributed by atoms with Crippen molar-refractivity contribution in [3.05, 3.63) is 54.6 Å². The molecule has 0 aliphatic heterocycles. The molecule has 0 aliphatic rings. The Morgan fingerprint density at radius 3 is 2.12 bits per heavy atom. The molecule has 16 heavy (non-hydrogen) atoms. The molecule has 80 valence electrons. The molecule has 0 atom stereocenters. The highest BCUT2D eigenvalue weighted by Crippen LogP contribution is 2.21. The summed E-state index contributed by atoms with van der Waals surface area (Å²) in [6.07, 6.45) is 0. The van der Waals surface area contributed by atoms with E-state index in [0.29, 0.717) is 5.75 Å². The second kappa shape index (κ2) is 5.23. The second-order valence-electron chi connectivity index (χ2n) is 3.13. The summed E-state index contributed by atoms with van der Waals surface area (Å²) in [5.41, 5.74) is 2.24. The number of nitrogens with zero attached hydrogens (tertiary/aromatic N) is 1. The van der Waals surface area contributed by atoms with Crippen molar-refractivity contribution in [2.75, 3.05) is 0 Å². The van der Waals surface area contributed by atoms with Gasteiger partial charge in [0, 0.05) is 4.53 Å². The predicted octanol–water partition coefficient (Wildman–Crippen LogP) is 3.04. The molecule has 3 nitrogen and oxygen atoms in total. The molecule has 0 aromatic heterocycles. The van der Waals surface area contributed by atoms with Gasteiger partial charge in [0.15, 0.2) is 5.75 Å². The zero-order chi connectivity index (χ0) is 11.2. The number of hydrogen-bond donors (Lipinski definition) is 0. The van der Waals surface area contributed by atoms with Crippen LogP contribution < -0.4 is 4.84 Å². The average molecular weight is 231 g/mol. The quantitative estimate of drug-likeness (QED) is 0.761. The standard InChI is InChI=1S/C12H9NO2S/c14-16-13-15-12-8-6-11(7-9-12)10-4-2-1-3-5-10/h1-9H. The van der Waals surface area contributed by atoms with E-state index in [4.69, 9.17) is 4.84 Å². The van der Waals surface area contributed by atoms with E-state index < -0.39 is 0 Å². The molecular weight excluding hydrogens is 222 g/mol. The molecule has 0 amide bonds. The summed E-state index contributed by atoms with van der Waals surface area (Å²) in [6.45, 7) is 0. The Morgan fingerprint density at radius 2 is 1.50 bits per heavy atom. The molecule has 0 heterocycles. The summed E-state index contributed by atoms with van der Waals surface area (Å²) in [6, 6.07) is 17.4. The van der Waals surface area contributed by atoms with Crippen molar-refractivity contribution >= 4 is 11.5 Å². The molecule has 0 N–H and O–H groups in total. The maximum Gasteiger partial charge on any atom is 0.241 e. The number of benzene rings is 2. The van der Waals surface area contributed by atoms with Crippen molar-refractivity contribution < 1.29 is 9.05 Å². The van der Waals surface area contributed by atoms with Gasteiger partial charge in [0.1, 0.15) is 0 Å². The molecule has 0 spiro atoms. The van der Waals surface area contributed by atoms with E-state index in [1.807, 2.05) is 42.5 Å². The van der Waals surface area contributed by atoms with E-state index in [0.717, 1.165) is 11.1 Å². The summed E-state index contributed by atoms with van der Waals surface area (Å²) in [7, 11) is 0. The third kappa shape index (κ3) is 2.55. The monoisotopic (exact) mass is 231 g/mol. The minimum absolute atomic E-state index is 0.0498. The highest BCUT2D eigenvalue weighted by Gasteiger charge is 1.97. The van der Waals surface area contributed by atoms with Crippen molar-refractivity contribution in [1.82, 2.24) is 0 Å². The van der Waals surface area contributed by atoms with Gasteiger partial charge < -0.3 is 4.84 Å². The van der Waals surface area contributed by atoms with Crippen LogP contribution in [0.2, 0.25) is 0 Å². The highest BCUT2D eigenvalue weighted by molar-refractivity contribution is 7.54. The van der Waals surface area contributed by atoms with E-state index in [-0.39, 0.29) is 11.5 Å². The van der Waals surface area contributed by atoms with Gasteiger partial charge >= 0.3 is 0 Å². The van der Waals surface area contributed by atoms with E-state index in [9.17, 15) is 4.21 Å². The van der Waals surface area contributed by atoms with Crippen LogP contribution in [-0.4, -0.2) is 4.21 Å². The lowest BCUT2D eigenvalue weighted by atomic mass is 10.1. The van der Waals surface area contributed by atoms with Gasteiger partial charge in [-0.3, -0.25) is 0 Å². The smallest absolute Gasteiger partial charge is 0.241 e. The normalized spacial score (nSPS) is 9.50. The van der Waals surface area contributed by atoms with Crippen LogP contribution in [0.4, 0.5) is 0 Å². The van der Waals surface area contributed by atoms with E-state index in [1.54, 1.807) is 12.1 Å². The zero-order valence-electron chi connectivity index (χ0n) is 8.37. The molecule has 2 aromatic carbocycles. The first kappa shape index (κ1) is 10.6. The molecule has 0 saturated carbocycles. The zero-order valence-corrected chi connectivity index (χ0v) is 9.18. The van der Waals surface area contributed by atoms with Crippen molar-refractivity contribution in [1.29, 1.82) is 0 Å². The van der Waals surface area contributed by atoms with Crippen LogP contribution in [0.3, 0.4) is 0 Å².